The Hall–Kier alpha value is -2.22. The highest BCUT2D eigenvalue weighted by Gasteiger charge is 2.20. The summed E-state index contributed by atoms with van der Waals surface area (Å²) in [5, 5.41) is 3.03. The third kappa shape index (κ3) is 7.77. The summed E-state index contributed by atoms with van der Waals surface area (Å²) in [5.74, 6) is -0.749. The minimum Gasteiger partial charge on any atom is -0.460 e. The summed E-state index contributed by atoms with van der Waals surface area (Å²) in [4.78, 5) is 12.5. The summed E-state index contributed by atoms with van der Waals surface area (Å²) >= 11 is 0. The minimum absolute atomic E-state index is 0.178. The van der Waals surface area contributed by atoms with Crippen molar-refractivity contribution in [3.63, 3.8) is 0 Å². The maximum Gasteiger partial charge on any atom is 0.323 e. The zero-order valence-electron chi connectivity index (χ0n) is 14.4. The number of ether oxygens (including phenoxy) is 1. The highest BCUT2D eigenvalue weighted by Crippen LogP contribution is 2.07. The molecule has 140 valence electrons. The molecule has 2 N–H and O–H groups in total. The molecule has 7 heteroatoms. The molecule has 0 heterocycles. The molecule has 26 heavy (non-hydrogen) atoms. The van der Waals surface area contributed by atoms with Crippen molar-refractivity contribution in [2.75, 3.05) is 12.3 Å². The van der Waals surface area contributed by atoms with Crippen LogP contribution in [0.2, 0.25) is 0 Å². The van der Waals surface area contributed by atoms with Gasteiger partial charge in [-0.2, -0.15) is 8.42 Å². The first kappa shape index (κ1) is 20.1. The quantitative estimate of drug-likeness (QED) is 0.375. The summed E-state index contributed by atoms with van der Waals surface area (Å²) in [6.45, 7) is 0.454. The summed E-state index contributed by atoms with van der Waals surface area (Å²) in [6, 6.07) is 18.3. The lowest BCUT2D eigenvalue weighted by molar-refractivity contribution is -0.147. The smallest absolute Gasteiger partial charge is 0.323 e. The highest BCUT2D eigenvalue weighted by atomic mass is 32.2. The number of hydrogen-bond acceptors (Lipinski definition) is 5. The van der Waals surface area contributed by atoms with Crippen LogP contribution in [-0.4, -0.2) is 37.3 Å². The number of esters is 1. The van der Waals surface area contributed by atoms with E-state index in [1.54, 1.807) is 0 Å². The molecule has 0 fully saturated rings. The molecule has 1 unspecified atom stereocenters. The molecule has 0 aliphatic heterocycles. The lowest BCUT2D eigenvalue weighted by atomic mass is 10.1. The van der Waals surface area contributed by atoms with Gasteiger partial charge in [-0.3, -0.25) is 9.35 Å². The van der Waals surface area contributed by atoms with Crippen LogP contribution in [0.1, 0.15) is 17.5 Å². The molecule has 0 aliphatic rings. The zero-order chi connectivity index (χ0) is 18.8. The van der Waals surface area contributed by atoms with Crippen LogP contribution in [0, 0.1) is 0 Å². The van der Waals surface area contributed by atoms with Gasteiger partial charge in [0.25, 0.3) is 10.1 Å². The Bertz CT molecular complexity index is 778. The van der Waals surface area contributed by atoms with Gasteiger partial charge >= 0.3 is 5.97 Å². The molecule has 0 spiro atoms. The standard InChI is InChI=1S/C19H23NO5S/c21-19(25-15-17-10-5-2-6-11-17)18(14-16-8-3-1-4-9-16)20-12-7-13-26(22,23)24/h1-6,8-11,18,20H,7,12-15H2,(H,22,23,24). The van der Waals surface area contributed by atoms with Crippen LogP contribution in [0.25, 0.3) is 0 Å². The van der Waals surface area contributed by atoms with Crippen molar-refractivity contribution < 1.29 is 22.5 Å². The van der Waals surface area contributed by atoms with Crippen molar-refractivity contribution in [1.29, 1.82) is 0 Å². The Balaban J connectivity index is 1.93. The van der Waals surface area contributed by atoms with Gasteiger partial charge in [-0.1, -0.05) is 60.7 Å². The van der Waals surface area contributed by atoms with E-state index < -0.39 is 22.1 Å². The van der Waals surface area contributed by atoms with Crippen molar-refractivity contribution in [1.82, 2.24) is 5.32 Å². The fourth-order valence-electron chi connectivity index (χ4n) is 2.45. The van der Waals surface area contributed by atoms with Gasteiger partial charge in [-0.05, 0) is 30.5 Å². The molecular formula is C19H23NO5S. The fraction of sp³-hybridized carbons (Fsp3) is 0.316. The van der Waals surface area contributed by atoms with E-state index in [1.165, 1.54) is 0 Å². The van der Waals surface area contributed by atoms with Gasteiger partial charge in [0.1, 0.15) is 12.6 Å². The van der Waals surface area contributed by atoms with Gasteiger partial charge in [0, 0.05) is 0 Å². The zero-order valence-corrected chi connectivity index (χ0v) is 15.2. The number of rotatable bonds is 10. The van der Waals surface area contributed by atoms with E-state index in [0.717, 1.165) is 11.1 Å². The number of nitrogens with one attached hydrogen (secondary N) is 1. The lowest BCUT2D eigenvalue weighted by Gasteiger charge is -2.18. The summed E-state index contributed by atoms with van der Waals surface area (Å²) in [7, 11) is -4.00. The van der Waals surface area contributed by atoms with E-state index in [4.69, 9.17) is 9.29 Å². The average molecular weight is 377 g/mol. The van der Waals surface area contributed by atoms with Gasteiger partial charge in [0.2, 0.25) is 0 Å². The molecule has 2 aromatic rings. The van der Waals surface area contributed by atoms with Crippen LogP contribution in [0.5, 0.6) is 0 Å². The first-order valence-electron chi connectivity index (χ1n) is 8.37. The topological polar surface area (TPSA) is 92.7 Å². The van der Waals surface area contributed by atoms with Crippen molar-refractivity contribution in [3.8, 4) is 0 Å². The molecule has 0 saturated carbocycles. The van der Waals surface area contributed by atoms with Crippen molar-refractivity contribution in [2.45, 2.75) is 25.5 Å². The van der Waals surface area contributed by atoms with E-state index in [0.29, 0.717) is 6.42 Å². The van der Waals surface area contributed by atoms with Crippen molar-refractivity contribution in [3.05, 3.63) is 71.8 Å². The third-order valence-corrected chi connectivity index (χ3v) is 4.57. The largest absolute Gasteiger partial charge is 0.460 e. The van der Waals surface area contributed by atoms with Gasteiger partial charge in [-0.25, -0.2) is 0 Å². The summed E-state index contributed by atoms with van der Waals surface area (Å²) < 4.78 is 35.8. The second-order valence-electron chi connectivity index (χ2n) is 5.93. The Labute approximate surface area is 153 Å². The molecule has 0 bridgehead atoms. The van der Waals surface area contributed by atoms with Crippen LogP contribution in [0.15, 0.2) is 60.7 Å². The van der Waals surface area contributed by atoms with Crippen molar-refractivity contribution >= 4 is 16.1 Å². The molecule has 2 rings (SSSR count). The maximum absolute atomic E-state index is 12.5. The Morgan fingerprint density at radius 2 is 1.58 bits per heavy atom. The van der Waals surface area contributed by atoms with Gasteiger partial charge in [0.05, 0.1) is 5.75 Å². The van der Waals surface area contributed by atoms with Crippen LogP contribution in [-0.2, 0) is 32.7 Å². The predicted octanol–water partition coefficient (Wildman–Crippen LogP) is 2.21. The van der Waals surface area contributed by atoms with E-state index in [1.807, 2.05) is 60.7 Å². The maximum atomic E-state index is 12.5. The molecule has 6 nitrogen and oxygen atoms in total. The number of hydrogen-bond donors (Lipinski definition) is 2. The predicted molar refractivity (Wildman–Crippen MR) is 99.2 cm³/mol. The molecule has 0 radical (unpaired) electrons. The highest BCUT2D eigenvalue weighted by molar-refractivity contribution is 7.85. The Morgan fingerprint density at radius 3 is 2.15 bits per heavy atom. The second kappa shape index (κ2) is 10.1. The summed E-state index contributed by atoms with van der Waals surface area (Å²) in [6.07, 6.45) is 0.635. The van der Waals surface area contributed by atoms with Crippen LogP contribution in [0.3, 0.4) is 0 Å². The second-order valence-corrected chi connectivity index (χ2v) is 7.50. The molecule has 0 aromatic heterocycles. The van der Waals surface area contributed by atoms with Gasteiger partial charge in [-0.15, -0.1) is 0 Å². The Kier molecular flexibility index (Phi) is 7.77. The van der Waals surface area contributed by atoms with Gasteiger partial charge in [0.15, 0.2) is 0 Å². The lowest BCUT2D eigenvalue weighted by Crippen LogP contribution is -2.40. The first-order valence-corrected chi connectivity index (χ1v) is 9.98. The number of carbonyl (C=O) groups excluding carboxylic acids is 1. The number of carbonyl (C=O) groups is 1. The van der Waals surface area contributed by atoms with E-state index in [-0.39, 0.29) is 25.3 Å². The van der Waals surface area contributed by atoms with E-state index in [2.05, 4.69) is 5.32 Å². The fourth-order valence-corrected chi connectivity index (χ4v) is 2.96. The number of benzene rings is 2. The molecular weight excluding hydrogens is 354 g/mol. The average Bonchev–Trinajstić information content (AvgIpc) is 2.63. The molecule has 0 amide bonds. The normalized spacial score (nSPS) is 12.5. The third-order valence-electron chi connectivity index (χ3n) is 3.76. The molecule has 1 atom stereocenters. The SMILES string of the molecule is O=C(OCc1ccccc1)C(Cc1ccccc1)NCCCS(=O)(=O)O. The summed E-state index contributed by atoms with van der Waals surface area (Å²) in [5.41, 5.74) is 1.86. The van der Waals surface area contributed by atoms with Crippen LogP contribution >= 0.6 is 0 Å². The van der Waals surface area contributed by atoms with E-state index >= 15 is 0 Å². The minimum atomic E-state index is -4.00. The van der Waals surface area contributed by atoms with Gasteiger partial charge < -0.3 is 10.1 Å². The molecule has 0 saturated heterocycles. The first-order chi connectivity index (χ1) is 12.4. The monoisotopic (exact) mass is 377 g/mol. The van der Waals surface area contributed by atoms with Crippen LogP contribution < -0.4 is 5.32 Å². The molecule has 0 aliphatic carbocycles. The molecule has 2 aromatic carbocycles. The van der Waals surface area contributed by atoms with E-state index in [9.17, 15) is 13.2 Å². The Morgan fingerprint density at radius 1 is 1.00 bits per heavy atom. The van der Waals surface area contributed by atoms with Crippen LogP contribution in [0.4, 0.5) is 0 Å². The van der Waals surface area contributed by atoms with Crippen molar-refractivity contribution in [2.24, 2.45) is 0 Å².